The number of rotatable bonds is 8. The van der Waals surface area contributed by atoms with Crippen molar-refractivity contribution in [2.45, 2.75) is 0 Å². The molecule has 0 radical (unpaired) electrons. The maximum Gasteiger partial charge on any atom is 0.168 e. The van der Waals surface area contributed by atoms with Gasteiger partial charge in [0.15, 0.2) is 11.6 Å². The minimum Gasteiger partial charge on any atom is -0.309 e. The van der Waals surface area contributed by atoms with E-state index in [1.54, 1.807) is 0 Å². The average Bonchev–Trinajstić information content (AvgIpc) is 3.93. The van der Waals surface area contributed by atoms with E-state index < -0.39 is 0 Å². The molecule has 0 aliphatic carbocycles. The Morgan fingerprint density at radius 1 is 0.250 bits per heavy atom. The highest BCUT2D eigenvalue weighted by atomic mass is 15.3. The van der Waals surface area contributed by atoms with Gasteiger partial charge in [0.1, 0.15) is 0 Å². The summed E-state index contributed by atoms with van der Waals surface area (Å²) in [6.45, 7) is 0. The van der Waals surface area contributed by atoms with Gasteiger partial charge in [-0.25, -0.2) is 0 Å². The van der Waals surface area contributed by atoms with Gasteiger partial charge in [-0.2, -0.15) is 0 Å². The summed E-state index contributed by atoms with van der Waals surface area (Å²) in [5.74, 6) is 1.61. The van der Waals surface area contributed by atoms with Crippen LogP contribution in [-0.2, 0) is 0 Å². The summed E-state index contributed by atoms with van der Waals surface area (Å²) in [5.41, 5.74) is 16.0. The molecule has 282 valence electrons. The third-order valence-electron chi connectivity index (χ3n) is 11.5. The maximum absolute atomic E-state index is 4.73. The molecule has 11 rings (SSSR count). The quantitative estimate of drug-likeness (QED) is 0.154. The van der Waals surface area contributed by atoms with Gasteiger partial charge in [0.2, 0.25) is 0 Å². The zero-order valence-corrected chi connectivity index (χ0v) is 32.7. The lowest BCUT2D eigenvalue weighted by atomic mass is 9.89. The maximum atomic E-state index is 4.73. The molecule has 0 atom stereocenters. The Kier molecular flexibility index (Phi) is 8.79. The second-order valence-electron chi connectivity index (χ2n) is 15.1. The van der Waals surface area contributed by atoms with Crippen LogP contribution < -0.4 is 0 Å². The topological polar surface area (TPSA) is 35.6 Å². The van der Waals surface area contributed by atoms with Gasteiger partial charge in [-0.05, 0) is 87.0 Å². The van der Waals surface area contributed by atoms with Crippen LogP contribution in [0.25, 0.3) is 100 Å². The van der Waals surface area contributed by atoms with E-state index in [0.717, 1.165) is 39.7 Å². The normalized spacial score (nSPS) is 11.3. The Morgan fingerprint density at radius 3 is 1.28 bits per heavy atom. The molecule has 4 heteroatoms. The number of nitrogens with zero attached hydrogens (tertiary/aromatic N) is 4. The van der Waals surface area contributed by atoms with Gasteiger partial charge in [-0.3, -0.25) is 4.57 Å². The van der Waals surface area contributed by atoms with Crippen LogP contribution in [0.2, 0.25) is 0 Å². The van der Waals surface area contributed by atoms with Crippen LogP contribution in [-0.4, -0.2) is 19.3 Å². The van der Waals surface area contributed by atoms with Gasteiger partial charge in [-0.1, -0.05) is 188 Å². The van der Waals surface area contributed by atoms with E-state index in [2.05, 4.69) is 208 Å². The van der Waals surface area contributed by atoms with Crippen LogP contribution in [0, 0.1) is 0 Å². The van der Waals surface area contributed by atoms with Gasteiger partial charge in [-0.15, -0.1) is 10.2 Å². The second-order valence-corrected chi connectivity index (χ2v) is 15.1. The summed E-state index contributed by atoms with van der Waals surface area (Å²) in [6.07, 6.45) is 0. The first-order chi connectivity index (χ1) is 29.8. The largest absolute Gasteiger partial charge is 0.309 e. The Labute approximate surface area is 348 Å². The molecule has 0 aliphatic heterocycles. The molecule has 0 saturated heterocycles. The molecule has 0 saturated carbocycles. The molecule has 0 bridgehead atoms. The molecular formula is C56H38N4. The fraction of sp³-hybridized carbons (Fsp3) is 0. The molecule has 0 fully saturated rings. The van der Waals surface area contributed by atoms with Crippen LogP contribution in [0.3, 0.4) is 0 Å². The van der Waals surface area contributed by atoms with Crippen molar-refractivity contribution in [1.29, 1.82) is 0 Å². The number of hydrogen-bond acceptors (Lipinski definition) is 2. The molecular weight excluding hydrogens is 729 g/mol. The molecule has 0 aliphatic rings. The molecule has 0 N–H and O–H groups in total. The third kappa shape index (κ3) is 6.19. The van der Waals surface area contributed by atoms with Crippen molar-refractivity contribution in [2.24, 2.45) is 0 Å². The minimum absolute atomic E-state index is 0.798. The monoisotopic (exact) mass is 766 g/mol. The molecule has 2 aromatic heterocycles. The number of hydrogen-bond donors (Lipinski definition) is 0. The first-order valence-corrected chi connectivity index (χ1v) is 20.3. The lowest BCUT2D eigenvalue weighted by Gasteiger charge is -2.16. The lowest BCUT2D eigenvalue weighted by molar-refractivity contribution is 1.07. The number of aromatic nitrogens is 4. The predicted octanol–water partition coefficient (Wildman–Crippen LogP) is 14.4. The van der Waals surface area contributed by atoms with Gasteiger partial charge >= 0.3 is 0 Å². The standard InChI is InChI=1S/C56H38N4/c1-4-16-39(17-5-1)44-34-37-54-52(38-44)51-26-14-15-27-53(51)59(54)46-35-32-41(33-36-46)48-23-11-13-25-50(48)49-24-12-10-22-47(49)40-28-30-43(31-29-40)56-58-57-55(42-18-6-2-7-19-42)60(56)45-20-8-3-9-21-45/h1-38H. The third-order valence-corrected chi connectivity index (χ3v) is 11.5. The number of para-hydroxylation sites is 2. The van der Waals surface area contributed by atoms with Crippen LogP contribution in [0.15, 0.2) is 231 Å². The summed E-state index contributed by atoms with van der Waals surface area (Å²) >= 11 is 0. The SMILES string of the molecule is c1ccc(-c2ccc3c(c2)c2ccccc2n3-c2ccc(-c3ccccc3-c3ccccc3-c3ccc(-c4nnc(-c5ccccc5)n4-c4ccccc4)cc3)cc2)cc1. The van der Waals surface area contributed by atoms with E-state index in [1.807, 2.05) is 36.4 Å². The van der Waals surface area contributed by atoms with Gasteiger partial charge < -0.3 is 4.57 Å². The van der Waals surface area contributed by atoms with Crippen LogP contribution >= 0.6 is 0 Å². The van der Waals surface area contributed by atoms with Crippen LogP contribution in [0.4, 0.5) is 0 Å². The molecule has 9 aromatic carbocycles. The van der Waals surface area contributed by atoms with Crippen molar-refractivity contribution in [3.63, 3.8) is 0 Å². The summed E-state index contributed by atoms with van der Waals surface area (Å²) in [7, 11) is 0. The second kappa shape index (κ2) is 15.0. The van der Waals surface area contributed by atoms with E-state index in [0.29, 0.717) is 0 Å². The fourth-order valence-corrected chi connectivity index (χ4v) is 8.66. The molecule has 4 nitrogen and oxygen atoms in total. The molecule has 0 amide bonds. The minimum atomic E-state index is 0.798. The van der Waals surface area contributed by atoms with Crippen molar-refractivity contribution in [3.8, 4) is 78.7 Å². The molecule has 2 heterocycles. The van der Waals surface area contributed by atoms with E-state index in [1.165, 1.54) is 60.8 Å². The van der Waals surface area contributed by atoms with Crippen LogP contribution in [0.5, 0.6) is 0 Å². The van der Waals surface area contributed by atoms with E-state index in [-0.39, 0.29) is 0 Å². The first kappa shape index (κ1) is 35.1. The summed E-state index contributed by atoms with van der Waals surface area (Å²) < 4.78 is 4.53. The smallest absolute Gasteiger partial charge is 0.168 e. The molecule has 0 unspecified atom stereocenters. The van der Waals surface area contributed by atoms with Crippen molar-refractivity contribution >= 4 is 21.8 Å². The van der Waals surface area contributed by atoms with E-state index in [9.17, 15) is 0 Å². The van der Waals surface area contributed by atoms with Crippen molar-refractivity contribution in [1.82, 2.24) is 19.3 Å². The highest BCUT2D eigenvalue weighted by Gasteiger charge is 2.19. The summed E-state index contributed by atoms with van der Waals surface area (Å²) in [4.78, 5) is 0. The summed E-state index contributed by atoms with van der Waals surface area (Å²) in [6, 6.07) is 81.9. The van der Waals surface area contributed by atoms with Gasteiger partial charge in [0, 0.05) is 33.3 Å². The van der Waals surface area contributed by atoms with Crippen molar-refractivity contribution in [3.05, 3.63) is 231 Å². The fourth-order valence-electron chi connectivity index (χ4n) is 8.66. The predicted molar refractivity (Wildman–Crippen MR) is 248 cm³/mol. The Hall–Kier alpha value is -8.08. The Bertz CT molecular complexity index is 3270. The summed E-state index contributed by atoms with van der Waals surface area (Å²) in [5, 5.41) is 11.9. The van der Waals surface area contributed by atoms with Crippen molar-refractivity contribution < 1.29 is 0 Å². The van der Waals surface area contributed by atoms with Crippen LogP contribution in [0.1, 0.15) is 0 Å². The molecule has 0 spiro atoms. The zero-order chi connectivity index (χ0) is 39.8. The Balaban J connectivity index is 0.946. The zero-order valence-electron chi connectivity index (χ0n) is 32.7. The molecule has 11 aromatic rings. The number of fused-ring (bicyclic) bond motifs is 3. The Morgan fingerprint density at radius 2 is 0.667 bits per heavy atom. The average molecular weight is 767 g/mol. The number of benzene rings is 9. The van der Waals surface area contributed by atoms with Gasteiger partial charge in [0.25, 0.3) is 0 Å². The highest BCUT2D eigenvalue weighted by molar-refractivity contribution is 6.10. The van der Waals surface area contributed by atoms with Crippen molar-refractivity contribution in [2.75, 3.05) is 0 Å². The highest BCUT2D eigenvalue weighted by Crippen LogP contribution is 2.40. The lowest BCUT2D eigenvalue weighted by Crippen LogP contribution is -2.00. The first-order valence-electron chi connectivity index (χ1n) is 20.3. The van der Waals surface area contributed by atoms with E-state index >= 15 is 0 Å². The van der Waals surface area contributed by atoms with Gasteiger partial charge in [0.05, 0.1) is 11.0 Å². The van der Waals surface area contributed by atoms with E-state index in [4.69, 9.17) is 5.10 Å². The molecule has 60 heavy (non-hydrogen) atoms.